The third-order valence-electron chi connectivity index (χ3n) is 5.10. The first-order chi connectivity index (χ1) is 16.0. The van der Waals surface area contributed by atoms with Crippen LogP contribution in [0.15, 0.2) is 24.3 Å². The van der Waals surface area contributed by atoms with Crippen molar-refractivity contribution in [2.24, 2.45) is 11.5 Å². The summed E-state index contributed by atoms with van der Waals surface area (Å²) in [4.78, 5) is 48.9. The number of aromatic hydroxyl groups is 1. The van der Waals surface area contributed by atoms with Crippen LogP contribution >= 0.6 is 0 Å². The summed E-state index contributed by atoms with van der Waals surface area (Å²) >= 11 is 0. The average molecular weight is 482 g/mol. The molecule has 0 radical (unpaired) electrons. The predicted molar refractivity (Wildman–Crippen MR) is 123 cm³/mol. The van der Waals surface area contributed by atoms with E-state index in [1.54, 1.807) is 12.1 Å². The van der Waals surface area contributed by atoms with Gasteiger partial charge in [0, 0.05) is 0 Å². The van der Waals surface area contributed by atoms with Crippen molar-refractivity contribution in [3.63, 3.8) is 0 Å². The van der Waals surface area contributed by atoms with E-state index in [0.717, 1.165) is 0 Å². The molecule has 5 atom stereocenters. The quantitative estimate of drug-likeness (QED) is 0.142. The van der Waals surface area contributed by atoms with Crippen molar-refractivity contribution < 1.29 is 34.5 Å². The van der Waals surface area contributed by atoms with E-state index >= 15 is 0 Å². The Balaban J connectivity index is 2.88. The third kappa shape index (κ3) is 9.73. The second-order valence-corrected chi connectivity index (χ2v) is 8.12. The average Bonchev–Trinajstić information content (AvgIpc) is 2.77. The highest BCUT2D eigenvalue weighted by Gasteiger charge is 2.31. The molecule has 0 bridgehead atoms. The van der Waals surface area contributed by atoms with E-state index in [1.807, 2.05) is 0 Å². The normalized spacial score (nSPS) is 15.3. The fraction of sp³-hybridized carbons (Fsp3) is 0.545. The maximum Gasteiger partial charge on any atom is 0.325 e. The van der Waals surface area contributed by atoms with Crippen molar-refractivity contribution in [2.45, 2.75) is 69.8 Å². The number of nitrogens with one attached hydrogen (secondary N) is 3. The summed E-state index contributed by atoms with van der Waals surface area (Å²) in [5.74, 6) is -3.41. The van der Waals surface area contributed by atoms with Crippen molar-refractivity contribution in [1.82, 2.24) is 16.0 Å². The summed E-state index contributed by atoms with van der Waals surface area (Å²) < 4.78 is 0. The van der Waals surface area contributed by atoms with Gasteiger partial charge in [-0.05, 0) is 63.8 Å². The van der Waals surface area contributed by atoms with Gasteiger partial charge in [0.2, 0.25) is 17.7 Å². The van der Waals surface area contributed by atoms with Crippen molar-refractivity contribution >= 4 is 23.7 Å². The zero-order valence-electron chi connectivity index (χ0n) is 19.4. The van der Waals surface area contributed by atoms with Gasteiger partial charge in [-0.3, -0.25) is 19.2 Å². The van der Waals surface area contributed by atoms with Crippen LogP contribution in [0.25, 0.3) is 0 Å². The first kappa shape index (κ1) is 28.8. The molecule has 1 aromatic rings. The Kier molecular flexibility index (Phi) is 12.0. The molecule has 0 saturated heterocycles. The molecule has 5 unspecified atom stereocenters. The van der Waals surface area contributed by atoms with Gasteiger partial charge >= 0.3 is 5.97 Å². The number of carbonyl (C=O) groups excluding carboxylic acids is 3. The van der Waals surface area contributed by atoms with E-state index in [4.69, 9.17) is 16.6 Å². The number of phenols is 1. The zero-order chi connectivity index (χ0) is 25.8. The molecule has 0 heterocycles. The van der Waals surface area contributed by atoms with Crippen molar-refractivity contribution in [3.05, 3.63) is 29.8 Å². The minimum Gasteiger partial charge on any atom is -0.508 e. The highest BCUT2D eigenvalue weighted by molar-refractivity contribution is 5.94. The maximum atomic E-state index is 12.9. The molecule has 0 fully saturated rings. The number of unbranched alkanes of at least 4 members (excludes halogenated alkanes) is 1. The van der Waals surface area contributed by atoms with Crippen LogP contribution in [0.3, 0.4) is 0 Å². The van der Waals surface area contributed by atoms with E-state index in [0.29, 0.717) is 24.9 Å². The number of hydrogen-bond acceptors (Lipinski definition) is 8. The molecule has 0 aliphatic rings. The van der Waals surface area contributed by atoms with Crippen LogP contribution in [0, 0.1) is 0 Å². The van der Waals surface area contributed by atoms with Gasteiger partial charge in [0.1, 0.15) is 23.9 Å². The molecular formula is C22H35N5O7. The number of aliphatic hydroxyl groups excluding tert-OH is 1. The lowest BCUT2D eigenvalue weighted by Gasteiger charge is -2.26. The van der Waals surface area contributed by atoms with E-state index in [2.05, 4.69) is 16.0 Å². The van der Waals surface area contributed by atoms with Gasteiger partial charge in [-0.25, -0.2) is 0 Å². The van der Waals surface area contributed by atoms with E-state index in [1.165, 1.54) is 26.0 Å². The van der Waals surface area contributed by atoms with Crippen LogP contribution in [0.5, 0.6) is 5.75 Å². The number of benzene rings is 1. The Morgan fingerprint density at radius 1 is 0.941 bits per heavy atom. The number of hydrogen-bond donors (Lipinski definition) is 8. The summed E-state index contributed by atoms with van der Waals surface area (Å²) in [5, 5.41) is 35.5. The van der Waals surface area contributed by atoms with Crippen molar-refractivity contribution in [2.75, 3.05) is 6.54 Å². The molecule has 0 aliphatic heterocycles. The standard InChI is InChI=1S/C22H35N5O7/c1-12(22(33)34)25-21(32)18(13(2)28)27-20(31)17(5-3-4-10-23)26-19(30)16(24)11-14-6-8-15(29)9-7-14/h6-9,12-13,16-18,28-29H,3-5,10-11,23-24H2,1-2H3,(H,25,32)(H,26,30)(H,27,31)(H,33,34). The molecule has 0 aliphatic carbocycles. The highest BCUT2D eigenvalue weighted by atomic mass is 16.4. The smallest absolute Gasteiger partial charge is 0.325 e. The maximum absolute atomic E-state index is 12.9. The second kappa shape index (κ2) is 14.1. The lowest BCUT2D eigenvalue weighted by molar-refractivity contribution is -0.142. The highest BCUT2D eigenvalue weighted by Crippen LogP contribution is 2.11. The number of carboxylic acids is 1. The molecule has 0 saturated carbocycles. The molecule has 0 spiro atoms. The first-order valence-corrected chi connectivity index (χ1v) is 11.0. The van der Waals surface area contributed by atoms with Crippen LogP contribution in [-0.2, 0) is 25.6 Å². The molecule has 0 aromatic heterocycles. The number of rotatable bonds is 14. The van der Waals surface area contributed by atoms with Gasteiger partial charge in [0.05, 0.1) is 12.1 Å². The molecule has 190 valence electrons. The Labute approximate surface area is 198 Å². The fourth-order valence-electron chi connectivity index (χ4n) is 3.04. The summed E-state index contributed by atoms with van der Waals surface area (Å²) in [6, 6.07) is 1.47. The van der Waals surface area contributed by atoms with Gasteiger partial charge < -0.3 is 42.7 Å². The molecule has 34 heavy (non-hydrogen) atoms. The van der Waals surface area contributed by atoms with Gasteiger partial charge in [0.15, 0.2) is 0 Å². The van der Waals surface area contributed by atoms with Crippen LogP contribution in [0.4, 0.5) is 0 Å². The topological polar surface area (TPSA) is 217 Å². The van der Waals surface area contributed by atoms with E-state index < -0.39 is 54.0 Å². The number of carboxylic acid groups (broad SMARTS) is 1. The van der Waals surface area contributed by atoms with Crippen molar-refractivity contribution in [3.8, 4) is 5.75 Å². The molecule has 3 amide bonds. The Bertz CT molecular complexity index is 831. The van der Waals surface area contributed by atoms with Crippen LogP contribution in [-0.4, -0.2) is 75.8 Å². The number of phenolic OH excluding ortho intramolecular Hbond substituents is 1. The molecule has 12 heteroatoms. The second-order valence-electron chi connectivity index (χ2n) is 8.12. The van der Waals surface area contributed by atoms with Gasteiger partial charge in [0.25, 0.3) is 0 Å². The summed E-state index contributed by atoms with van der Waals surface area (Å²) in [7, 11) is 0. The Morgan fingerprint density at radius 3 is 2.09 bits per heavy atom. The van der Waals surface area contributed by atoms with Crippen LogP contribution in [0.2, 0.25) is 0 Å². The Morgan fingerprint density at radius 2 is 1.56 bits per heavy atom. The van der Waals surface area contributed by atoms with Gasteiger partial charge in [-0.15, -0.1) is 0 Å². The largest absolute Gasteiger partial charge is 0.508 e. The predicted octanol–water partition coefficient (Wildman–Crippen LogP) is -1.67. The summed E-state index contributed by atoms with van der Waals surface area (Å²) in [5.41, 5.74) is 12.2. The lowest BCUT2D eigenvalue weighted by Crippen LogP contribution is -2.59. The van der Waals surface area contributed by atoms with Crippen LogP contribution < -0.4 is 27.4 Å². The number of amides is 3. The number of carbonyl (C=O) groups is 4. The molecule has 12 nitrogen and oxygen atoms in total. The minimum atomic E-state index is -1.44. The summed E-state index contributed by atoms with van der Waals surface area (Å²) in [6.07, 6.45) is 0.136. The lowest BCUT2D eigenvalue weighted by atomic mass is 10.0. The third-order valence-corrected chi connectivity index (χ3v) is 5.10. The SMILES string of the molecule is CC(NC(=O)C(NC(=O)C(CCCCN)NC(=O)C(N)Cc1ccc(O)cc1)C(C)O)C(=O)O. The van der Waals surface area contributed by atoms with Crippen LogP contribution in [0.1, 0.15) is 38.7 Å². The molecular weight excluding hydrogens is 446 g/mol. The zero-order valence-corrected chi connectivity index (χ0v) is 19.4. The van der Waals surface area contributed by atoms with Gasteiger partial charge in [-0.2, -0.15) is 0 Å². The van der Waals surface area contributed by atoms with E-state index in [-0.39, 0.29) is 18.6 Å². The monoisotopic (exact) mass is 481 g/mol. The fourth-order valence-corrected chi connectivity index (χ4v) is 3.04. The Hall–Kier alpha value is -3.22. The van der Waals surface area contributed by atoms with Crippen molar-refractivity contribution in [1.29, 1.82) is 0 Å². The molecule has 10 N–H and O–H groups in total. The number of aliphatic hydroxyl groups is 1. The van der Waals surface area contributed by atoms with E-state index in [9.17, 15) is 29.4 Å². The summed E-state index contributed by atoms with van der Waals surface area (Å²) in [6.45, 7) is 2.90. The number of nitrogens with two attached hydrogens (primary N) is 2. The molecule has 1 aromatic carbocycles. The van der Waals surface area contributed by atoms with Gasteiger partial charge in [-0.1, -0.05) is 12.1 Å². The minimum absolute atomic E-state index is 0.0767. The number of aliphatic carboxylic acids is 1. The first-order valence-electron chi connectivity index (χ1n) is 11.0. The molecule has 1 rings (SSSR count).